The van der Waals surface area contributed by atoms with Crippen LogP contribution in [0.1, 0.15) is 24.8 Å². The average Bonchev–Trinajstić information content (AvgIpc) is 3.03. The number of likely N-dealkylation sites (tertiary alicyclic amines) is 1. The minimum absolute atomic E-state index is 0.0323. The molecule has 1 aromatic heterocycles. The fourth-order valence-corrected chi connectivity index (χ4v) is 3.88. The van der Waals surface area contributed by atoms with Gasteiger partial charge in [-0.2, -0.15) is 13.2 Å². The van der Waals surface area contributed by atoms with E-state index in [1.54, 1.807) is 4.90 Å². The van der Waals surface area contributed by atoms with Crippen LogP contribution in [-0.4, -0.2) is 47.9 Å². The van der Waals surface area contributed by atoms with Gasteiger partial charge >= 0.3 is 6.18 Å². The molecule has 0 N–H and O–H groups in total. The van der Waals surface area contributed by atoms with Crippen molar-refractivity contribution in [2.45, 2.75) is 31.4 Å². The Kier molecular flexibility index (Phi) is 5.15. The highest BCUT2D eigenvalue weighted by Crippen LogP contribution is 2.36. The largest absolute Gasteiger partial charge is 0.417 e. The second kappa shape index (κ2) is 6.94. The van der Waals surface area contributed by atoms with Crippen molar-refractivity contribution in [3.05, 3.63) is 22.3 Å². The van der Waals surface area contributed by atoms with Crippen molar-refractivity contribution in [2.75, 3.05) is 31.1 Å². The van der Waals surface area contributed by atoms with Crippen LogP contribution >= 0.6 is 15.9 Å². The topological polar surface area (TPSA) is 36.4 Å². The van der Waals surface area contributed by atoms with Gasteiger partial charge in [-0.25, -0.2) is 13.8 Å². The smallest absolute Gasteiger partial charge is 0.355 e. The molecule has 144 valence electrons. The lowest BCUT2D eigenvalue weighted by atomic mass is 10.0. The van der Waals surface area contributed by atoms with Crippen LogP contribution in [0.3, 0.4) is 0 Å². The van der Waals surface area contributed by atoms with E-state index in [0.29, 0.717) is 25.3 Å². The zero-order valence-corrected chi connectivity index (χ0v) is 15.3. The normalized spacial score (nSPS) is 23.4. The van der Waals surface area contributed by atoms with Crippen molar-refractivity contribution in [1.82, 2.24) is 9.88 Å². The van der Waals surface area contributed by atoms with Crippen molar-refractivity contribution < 1.29 is 26.7 Å². The molecule has 2 saturated heterocycles. The van der Waals surface area contributed by atoms with E-state index in [0.717, 1.165) is 12.3 Å². The van der Waals surface area contributed by atoms with E-state index < -0.39 is 17.7 Å². The highest BCUT2D eigenvalue weighted by molar-refractivity contribution is 9.10. The van der Waals surface area contributed by atoms with Crippen LogP contribution in [-0.2, 0) is 11.0 Å². The molecule has 0 radical (unpaired) electrons. The molecule has 2 aliphatic rings. The second-order valence-corrected chi connectivity index (χ2v) is 7.49. The Balaban J connectivity index is 1.64. The maximum atomic E-state index is 13.2. The van der Waals surface area contributed by atoms with Gasteiger partial charge in [0.15, 0.2) is 0 Å². The van der Waals surface area contributed by atoms with Crippen LogP contribution in [0.2, 0.25) is 0 Å². The molecule has 1 amide bonds. The molecule has 0 aromatic carbocycles. The summed E-state index contributed by atoms with van der Waals surface area (Å²) in [5.74, 6) is -2.91. The molecule has 1 atom stereocenters. The lowest BCUT2D eigenvalue weighted by Crippen LogP contribution is -2.45. The van der Waals surface area contributed by atoms with Gasteiger partial charge in [-0.3, -0.25) is 4.79 Å². The van der Waals surface area contributed by atoms with Gasteiger partial charge in [0.05, 0.1) is 16.0 Å². The number of rotatable bonds is 2. The average molecular weight is 442 g/mol. The number of aromatic nitrogens is 1. The summed E-state index contributed by atoms with van der Waals surface area (Å²) >= 11 is 3.11. The molecule has 0 spiro atoms. The quantitative estimate of drug-likeness (QED) is 0.652. The second-order valence-electron chi connectivity index (χ2n) is 6.64. The lowest BCUT2D eigenvalue weighted by molar-refractivity contribution is -0.141. The molecule has 10 heteroatoms. The molecule has 1 unspecified atom stereocenters. The Morgan fingerprint density at radius 2 is 1.88 bits per heavy atom. The van der Waals surface area contributed by atoms with E-state index in [2.05, 4.69) is 20.9 Å². The number of pyridine rings is 1. The summed E-state index contributed by atoms with van der Waals surface area (Å²) in [6, 6.07) is 0.962. The number of hydrogen-bond acceptors (Lipinski definition) is 3. The number of carbonyl (C=O) groups is 1. The number of piperidine rings is 1. The molecule has 4 nitrogen and oxygen atoms in total. The summed E-state index contributed by atoms with van der Waals surface area (Å²) in [5.41, 5.74) is -0.853. The number of alkyl halides is 5. The maximum absolute atomic E-state index is 13.2. The van der Waals surface area contributed by atoms with Gasteiger partial charge in [-0.1, -0.05) is 0 Å². The van der Waals surface area contributed by atoms with Crippen molar-refractivity contribution >= 4 is 27.7 Å². The number of anilines is 1. The van der Waals surface area contributed by atoms with Crippen molar-refractivity contribution in [3.8, 4) is 0 Å². The Morgan fingerprint density at radius 1 is 1.23 bits per heavy atom. The van der Waals surface area contributed by atoms with Crippen LogP contribution < -0.4 is 4.90 Å². The summed E-state index contributed by atoms with van der Waals surface area (Å²) in [6.07, 6.45) is -3.86. The third-order valence-corrected chi connectivity index (χ3v) is 5.38. The van der Waals surface area contributed by atoms with Crippen molar-refractivity contribution in [1.29, 1.82) is 0 Å². The van der Waals surface area contributed by atoms with E-state index in [1.165, 1.54) is 4.90 Å². The van der Waals surface area contributed by atoms with Gasteiger partial charge in [0.1, 0.15) is 5.82 Å². The molecule has 1 aromatic rings. The molecule has 26 heavy (non-hydrogen) atoms. The van der Waals surface area contributed by atoms with Crippen LogP contribution in [0.15, 0.2) is 16.7 Å². The molecule has 3 rings (SSSR count). The van der Waals surface area contributed by atoms with Crippen LogP contribution in [0.25, 0.3) is 0 Å². The highest BCUT2D eigenvalue weighted by Gasteiger charge is 2.39. The predicted molar refractivity (Wildman–Crippen MR) is 88.0 cm³/mol. The number of hydrogen-bond donors (Lipinski definition) is 0. The van der Waals surface area contributed by atoms with E-state index >= 15 is 0 Å². The molecule has 3 heterocycles. The first-order chi connectivity index (χ1) is 12.1. The number of amides is 1. The predicted octanol–water partition coefficient (Wildman–Crippen LogP) is 3.95. The summed E-state index contributed by atoms with van der Waals surface area (Å²) in [7, 11) is 0. The zero-order valence-electron chi connectivity index (χ0n) is 13.7. The molecule has 0 bridgehead atoms. The fourth-order valence-electron chi connectivity index (χ4n) is 3.29. The number of halogens is 6. The lowest BCUT2D eigenvalue weighted by Gasteiger charge is -2.33. The monoisotopic (exact) mass is 441 g/mol. The molecule has 2 aliphatic heterocycles. The fraction of sp³-hybridized carbons (Fsp3) is 0.625. The van der Waals surface area contributed by atoms with Crippen LogP contribution in [0.4, 0.5) is 27.8 Å². The van der Waals surface area contributed by atoms with Gasteiger partial charge in [0.2, 0.25) is 5.91 Å². The molecule has 0 saturated carbocycles. The first-order valence-electron chi connectivity index (χ1n) is 8.21. The molecular formula is C16H17BrF5N3O. The van der Waals surface area contributed by atoms with Gasteiger partial charge in [0, 0.05) is 45.2 Å². The molecular weight excluding hydrogens is 425 g/mol. The van der Waals surface area contributed by atoms with Gasteiger partial charge in [-0.05, 0) is 28.4 Å². The zero-order chi connectivity index (χ0) is 19.1. The highest BCUT2D eigenvalue weighted by atomic mass is 79.9. The summed E-state index contributed by atoms with van der Waals surface area (Å²) in [6.45, 7) is 0.842. The molecule has 2 fully saturated rings. The Labute approximate surface area is 155 Å². The minimum atomic E-state index is -4.48. The summed E-state index contributed by atoms with van der Waals surface area (Å²) in [5, 5.41) is 0. The Bertz CT molecular complexity index is 687. The minimum Gasteiger partial charge on any atom is -0.355 e. The van der Waals surface area contributed by atoms with Crippen molar-refractivity contribution in [2.24, 2.45) is 5.92 Å². The SMILES string of the molecule is O=C(C1CCN(c2ncc(C(F)(F)F)cc2Br)C1)N1CCC(F)(F)CC1. The van der Waals surface area contributed by atoms with Gasteiger partial charge in [-0.15, -0.1) is 0 Å². The Hall–Kier alpha value is -1.45. The van der Waals surface area contributed by atoms with Crippen LogP contribution in [0.5, 0.6) is 0 Å². The standard InChI is InChI=1S/C16H17BrF5N3O/c17-12-7-11(16(20,21)22)8-23-13(12)25-4-1-10(9-25)14(26)24-5-2-15(18,19)3-6-24/h7-8,10H,1-6,9H2. The third-order valence-electron chi connectivity index (χ3n) is 4.79. The van der Waals surface area contributed by atoms with E-state index in [1.807, 2.05) is 0 Å². The first kappa shape index (κ1) is 19.3. The molecule has 0 aliphatic carbocycles. The summed E-state index contributed by atoms with van der Waals surface area (Å²) < 4.78 is 64.8. The first-order valence-corrected chi connectivity index (χ1v) is 9.00. The Morgan fingerprint density at radius 3 is 2.46 bits per heavy atom. The van der Waals surface area contributed by atoms with E-state index in [-0.39, 0.29) is 42.2 Å². The van der Waals surface area contributed by atoms with E-state index in [4.69, 9.17) is 0 Å². The van der Waals surface area contributed by atoms with Gasteiger partial charge in [0.25, 0.3) is 5.92 Å². The number of carbonyl (C=O) groups excluding carboxylic acids is 1. The maximum Gasteiger partial charge on any atom is 0.417 e. The van der Waals surface area contributed by atoms with Crippen LogP contribution in [0, 0.1) is 5.92 Å². The summed E-state index contributed by atoms with van der Waals surface area (Å²) in [4.78, 5) is 19.6. The van der Waals surface area contributed by atoms with Gasteiger partial charge < -0.3 is 9.80 Å². The third kappa shape index (κ3) is 4.10. The number of nitrogens with zero attached hydrogens (tertiary/aromatic N) is 3. The van der Waals surface area contributed by atoms with Crippen molar-refractivity contribution in [3.63, 3.8) is 0 Å². The van der Waals surface area contributed by atoms with E-state index in [9.17, 15) is 26.7 Å².